The Labute approximate surface area is 239 Å². The Morgan fingerprint density at radius 3 is 1.62 bits per heavy atom. The van der Waals surface area contributed by atoms with Crippen molar-refractivity contribution in [2.75, 3.05) is 6.61 Å². The Balaban J connectivity index is 0.00000122. The summed E-state index contributed by atoms with van der Waals surface area (Å²) >= 11 is 0. The molecule has 0 aromatic heterocycles. The second-order valence-corrected chi connectivity index (χ2v) is 11.3. The van der Waals surface area contributed by atoms with Crippen LogP contribution in [0.5, 0.6) is 0 Å². The van der Waals surface area contributed by atoms with Crippen molar-refractivity contribution in [3.05, 3.63) is 35.9 Å². The molecule has 6 heteroatoms. The first-order valence-corrected chi connectivity index (χ1v) is 15.5. The van der Waals surface area contributed by atoms with Gasteiger partial charge in [0.25, 0.3) is 0 Å². The number of Topliss-reactive ketones (excluding diaryl/α,β-unsaturated/α-hetero) is 1. The fourth-order valence-electron chi connectivity index (χ4n) is 4.31. The molecule has 1 unspecified atom stereocenters. The second kappa shape index (κ2) is 23.7. The van der Waals surface area contributed by atoms with Crippen molar-refractivity contribution in [3.63, 3.8) is 0 Å². The van der Waals surface area contributed by atoms with Crippen LogP contribution in [0.2, 0.25) is 0 Å². The van der Waals surface area contributed by atoms with Crippen LogP contribution in [0.3, 0.4) is 0 Å². The summed E-state index contributed by atoms with van der Waals surface area (Å²) < 4.78 is 4.79. The molecule has 1 rings (SSSR count). The Bertz CT molecular complexity index is 759. The van der Waals surface area contributed by atoms with Crippen LogP contribution >= 0.6 is 0 Å². The summed E-state index contributed by atoms with van der Waals surface area (Å²) in [5.41, 5.74) is 11.0. The molecule has 0 saturated heterocycles. The van der Waals surface area contributed by atoms with E-state index in [1.165, 1.54) is 77.0 Å². The summed E-state index contributed by atoms with van der Waals surface area (Å²) in [4.78, 5) is 35.0. The third kappa shape index (κ3) is 21.3. The Hall–Kier alpha value is -2.21. The molecule has 0 spiro atoms. The van der Waals surface area contributed by atoms with Crippen molar-refractivity contribution in [1.29, 1.82) is 0 Å². The first-order chi connectivity index (χ1) is 18.6. The molecule has 6 nitrogen and oxygen atoms in total. The second-order valence-electron chi connectivity index (χ2n) is 11.3. The smallest absolute Gasteiger partial charge is 0.325 e. The molecule has 0 aliphatic rings. The molecule has 0 saturated carbocycles. The van der Waals surface area contributed by atoms with Crippen molar-refractivity contribution in [3.8, 4) is 0 Å². The van der Waals surface area contributed by atoms with Gasteiger partial charge in [-0.15, -0.1) is 0 Å². The van der Waals surface area contributed by atoms with Gasteiger partial charge in [-0.05, 0) is 32.3 Å². The first-order valence-electron chi connectivity index (χ1n) is 15.5. The molecule has 1 amide bonds. The van der Waals surface area contributed by atoms with Crippen LogP contribution in [0.4, 0.5) is 0 Å². The maximum atomic E-state index is 12.4. The first kappa shape index (κ1) is 36.8. The van der Waals surface area contributed by atoms with Gasteiger partial charge in [-0.3, -0.25) is 14.4 Å². The van der Waals surface area contributed by atoms with E-state index in [4.69, 9.17) is 16.2 Å². The number of benzene rings is 1. The van der Waals surface area contributed by atoms with Crippen molar-refractivity contribution >= 4 is 17.7 Å². The molecule has 224 valence electrons. The molecule has 1 aromatic carbocycles. The van der Waals surface area contributed by atoms with Crippen molar-refractivity contribution in [2.45, 2.75) is 142 Å². The predicted octanol–water partition coefficient (Wildman–Crippen LogP) is 7.45. The van der Waals surface area contributed by atoms with Gasteiger partial charge in [0.1, 0.15) is 11.3 Å². The number of hydrogen-bond acceptors (Lipinski definition) is 5. The van der Waals surface area contributed by atoms with Crippen LogP contribution in [0, 0.1) is 5.92 Å². The molecule has 0 radical (unpaired) electrons. The highest BCUT2D eigenvalue weighted by Gasteiger charge is 2.24. The summed E-state index contributed by atoms with van der Waals surface area (Å²) in [6.45, 7) is 7.92. The van der Waals surface area contributed by atoms with Gasteiger partial charge in [-0.1, -0.05) is 134 Å². The van der Waals surface area contributed by atoms with Crippen molar-refractivity contribution < 1.29 is 19.1 Å². The van der Waals surface area contributed by atoms with E-state index in [-0.39, 0.29) is 11.8 Å². The summed E-state index contributed by atoms with van der Waals surface area (Å²) in [7, 11) is 0. The monoisotopic (exact) mass is 546 g/mol. The minimum Gasteiger partial charge on any atom is -0.464 e. The van der Waals surface area contributed by atoms with E-state index in [0.29, 0.717) is 19.4 Å². The van der Waals surface area contributed by atoms with Crippen LogP contribution in [-0.4, -0.2) is 29.8 Å². The van der Waals surface area contributed by atoms with Crippen LogP contribution in [0.1, 0.15) is 136 Å². The summed E-state index contributed by atoms with van der Waals surface area (Å²) in [5, 5.41) is 0. The summed E-state index contributed by atoms with van der Waals surface area (Å²) in [6, 6.07) is 9.59. The lowest BCUT2D eigenvalue weighted by molar-refractivity contribution is -0.148. The average Bonchev–Trinajstić information content (AvgIpc) is 2.89. The average molecular weight is 547 g/mol. The van der Waals surface area contributed by atoms with Gasteiger partial charge in [-0.2, -0.15) is 0 Å². The molecule has 4 N–H and O–H groups in total. The van der Waals surface area contributed by atoms with E-state index in [2.05, 4.69) is 6.92 Å². The number of amides is 1. The van der Waals surface area contributed by atoms with Gasteiger partial charge in [0, 0.05) is 6.42 Å². The molecule has 1 atom stereocenters. The fraction of sp³-hybridized carbons (Fsp3) is 0.727. The predicted molar refractivity (Wildman–Crippen MR) is 162 cm³/mol. The van der Waals surface area contributed by atoms with E-state index in [0.717, 1.165) is 24.8 Å². The Kier molecular flexibility index (Phi) is 22.3. The highest BCUT2D eigenvalue weighted by molar-refractivity contribution is 6.01. The van der Waals surface area contributed by atoms with Gasteiger partial charge in [-0.25, -0.2) is 0 Å². The minimum atomic E-state index is -0.852. The third-order valence-corrected chi connectivity index (χ3v) is 6.76. The molecule has 1 aromatic rings. The lowest BCUT2D eigenvalue weighted by atomic mass is 9.92. The fourth-order valence-corrected chi connectivity index (χ4v) is 4.31. The number of rotatable bonds is 22. The van der Waals surface area contributed by atoms with Crippen LogP contribution in [0.25, 0.3) is 0 Å². The van der Waals surface area contributed by atoms with Gasteiger partial charge in [0.2, 0.25) is 5.91 Å². The SMILES string of the molecule is CCCCCCCCCCCCCCCCC(C(N)=O)C(=O)Cc1ccccc1.CCCOC(=O)C(C)(C)N. The number of hydrogen-bond donors (Lipinski definition) is 2. The normalized spacial score (nSPS) is 11.8. The van der Waals surface area contributed by atoms with E-state index in [1.807, 2.05) is 37.3 Å². The lowest BCUT2D eigenvalue weighted by Crippen LogP contribution is -2.42. The van der Waals surface area contributed by atoms with Crippen LogP contribution in [-0.2, 0) is 25.5 Å². The van der Waals surface area contributed by atoms with E-state index in [1.54, 1.807) is 13.8 Å². The highest BCUT2D eigenvalue weighted by atomic mass is 16.5. The van der Waals surface area contributed by atoms with E-state index < -0.39 is 17.4 Å². The standard InChI is InChI=1S/C26H43NO2.C7H15NO2/c1-2-3-4-5-6-7-8-9-10-11-12-13-14-18-21-24(26(27)29)25(28)22-23-19-16-15-17-20-23;1-4-5-10-6(9)7(2,3)8/h15-17,19-20,24H,2-14,18,21-22H2,1H3,(H2,27,29);4-5,8H2,1-3H3. The maximum absolute atomic E-state index is 12.4. The van der Waals surface area contributed by atoms with Gasteiger partial charge >= 0.3 is 5.97 Å². The molecule has 39 heavy (non-hydrogen) atoms. The van der Waals surface area contributed by atoms with Crippen molar-refractivity contribution in [1.82, 2.24) is 0 Å². The minimum absolute atomic E-state index is 0.0432. The topological polar surface area (TPSA) is 112 Å². The number of carbonyl (C=O) groups excluding carboxylic acids is 3. The lowest BCUT2D eigenvalue weighted by Gasteiger charge is -2.15. The van der Waals surface area contributed by atoms with Gasteiger partial charge in [0.05, 0.1) is 12.5 Å². The van der Waals surface area contributed by atoms with E-state index >= 15 is 0 Å². The largest absolute Gasteiger partial charge is 0.464 e. The van der Waals surface area contributed by atoms with Gasteiger partial charge in [0.15, 0.2) is 0 Å². The molecular weight excluding hydrogens is 488 g/mol. The molecule has 0 aliphatic heterocycles. The zero-order chi connectivity index (χ0) is 29.4. The zero-order valence-corrected chi connectivity index (χ0v) is 25.5. The molecular formula is C33H58N2O4. The van der Waals surface area contributed by atoms with E-state index in [9.17, 15) is 14.4 Å². The number of carbonyl (C=O) groups is 3. The molecule has 0 aliphatic carbocycles. The maximum Gasteiger partial charge on any atom is 0.325 e. The van der Waals surface area contributed by atoms with Crippen LogP contribution < -0.4 is 11.5 Å². The Morgan fingerprint density at radius 2 is 1.21 bits per heavy atom. The number of primary amides is 1. The third-order valence-electron chi connectivity index (χ3n) is 6.76. The van der Waals surface area contributed by atoms with Crippen molar-refractivity contribution in [2.24, 2.45) is 17.4 Å². The number of esters is 1. The zero-order valence-electron chi connectivity index (χ0n) is 25.5. The Morgan fingerprint density at radius 1 is 0.744 bits per heavy atom. The molecule has 0 fully saturated rings. The molecule has 0 heterocycles. The number of ether oxygens (including phenoxy) is 1. The number of unbranched alkanes of at least 4 members (excludes halogenated alkanes) is 13. The summed E-state index contributed by atoms with van der Waals surface area (Å²) in [5.74, 6) is -1.49. The van der Waals surface area contributed by atoms with Gasteiger partial charge < -0.3 is 16.2 Å². The molecule has 0 bridgehead atoms. The number of nitrogens with two attached hydrogens (primary N) is 2. The highest BCUT2D eigenvalue weighted by Crippen LogP contribution is 2.17. The number of ketones is 1. The quantitative estimate of drug-likeness (QED) is 0.0891. The summed E-state index contributed by atoms with van der Waals surface area (Å²) in [6.07, 6.45) is 19.9. The van der Waals surface area contributed by atoms with Crippen LogP contribution in [0.15, 0.2) is 30.3 Å².